The molecule has 3 rings (SSSR count). The van der Waals surface area contributed by atoms with Crippen molar-refractivity contribution in [1.29, 1.82) is 0 Å². The van der Waals surface area contributed by atoms with Gasteiger partial charge in [0.25, 0.3) is 0 Å². The van der Waals surface area contributed by atoms with Gasteiger partial charge in [0.05, 0.1) is 10.8 Å². The number of anilines is 2. The minimum atomic E-state index is -1.05. The topological polar surface area (TPSA) is 95.5 Å². The zero-order valence-corrected chi connectivity index (χ0v) is 19.8. The maximum atomic E-state index is 12.9. The molecular formula is C27H26N2O4S. The van der Waals surface area contributed by atoms with Gasteiger partial charge in [-0.25, -0.2) is 4.79 Å². The Morgan fingerprint density at radius 1 is 0.971 bits per heavy atom. The van der Waals surface area contributed by atoms with E-state index in [4.69, 9.17) is 0 Å². The fourth-order valence-corrected chi connectivity index (χ4v) is 4.17. The van der Waals surface area contributed by atoms with Gasteiger partial charge in [-0.1, -0.05) is 49.4 Å². The van der Waals surface area contributed by atoms with E-state index in [1.54, 1.807) is 18.2 Å². The van der Waals surface area contributed by atoms with E-state index in [-0.39, 0.29) is 17.4 Å². The van der Waals surface area contributed by atoms with Crippen LogP contribution in [0.4, 0.5) is 11.4 Å². The summed E-state index contributed by atoms with van der Waals surface area (Å²) in [4.78, 5) is 37.3. The maximum absolute atomic E-state index is 12.9. The molecule has 34 heavy (non-hydrogen) atoms. The number of hydrogen-bond acceptors (Lipinski definition) is 4. The van der Waals surface area contributed by atoms with E-state index < -0.39 is 11.2 Å². The fourth-order valence-electron chi connectivity index (χ4n) is 3.16. The molecule has 3 aromatic carbocycles. The molecule has 0 bridgehead atoms. The van der Waals surface area contributed by atoms with Gasteiger partial charge in [-0.15, -0.1) is 11.8 Å². The lowest BCUT2D eigenvalue weighted by Gasteiger charge is -2.17. The van der Waals surface area contributed by atoms with Gasteiger partial charge in [-0.05, 0) is 60.9 Å². The lowest BCUT2D eigenvalue weighted by Crippen LogP contribution is -2.25. The van der Waals surface area contributed by atoms with Crippen LogP contribution in [0.5, 0.6) is 0 Å². The summed E-state index contributed by atoms with van der Waals surface area (Å²) in [6.45, 7) is 3.73. The number of carbonyl (C=O) groups is 3. The average Bonchev–Trinajstić information content (AvgIpc) is 2.83. The minimum absolute atomic E-state index is 0.117. The number of carboxylic acid groups (broad SMARTS) is 1. The highest BCUT2D eigenvalue weighted by atomic mass is 32.2. The molecular weight excluding hydrogens is 448 g/mol. The van der Waals surface area contributed by atoms with Crippen molar-refractivity contribution in [3.8, 4) is 0 Å². The summed E-state index contributed by atoms with van der Waals surface area (Å²) in [5.74, 6) is -1.50. The van der Waals surface area contributed by atoms with Crippen LogP contribution in [0.25, 0.3) is 6.08 Å². The number of hydrogen-bond donors (Lipinski definition) is 3. The van der Waals surface area contributed by atoms with Crippen LogP contribution < -0.4 is 10.6 Å². The van der Waals surface area contributed by atoms with E-state index >= 15 is 0 Å². The lowest BCUT2D eigenvalue weighted by molar-refractivity contribution is -0.115. The molecule has 0 radical (unpaired) electrons. The Hall–Kier alpha value is -3.84. The lowest BCUT2D eigenvalue weighted by atomic mass is 10.1. The molecule has 0 aliphatic rings. The number of carboxylic acids is 1. The fraction of sp³-hybridized carbons (Fsp3) is 0.148. The van der Waals surface area contributed by atoms with E-state index in [1.807, 2.05) is 62.4 Å². The first-order valence-electron chi connectivity index (χ1n) is 10.8. The van der Waals surface area contributed by atoms with Crippen molar-refractivity contribution in [2.24, 2.45) is 0 Å². The second-order valence-electron chi connectivity index (χ2n) is 7.60. The summed E-state index contributed by atoms with van der Waals surface area (Å²) in [6, 6.07) is 21.5. The smallest absolute Gasteiger partial charge is 0.335 e. The molecule has 0 spiro atoms. The first-order valence-corrected chi connectivity index (χ1v) is 11.7. The summed E-state index contributed by atoms with van der Waals surface area (Å²) >= 11 is 1.39. The largest absolute Gasteiger partial charge is 0.478 e. The molecule has 1 unspecified atom stereocenters. The van der Waals surface area contributed by atoms with E-state index in [0.717, 1.165) is 16.0 Å². The monoisotopic (exact) mass is 474 g/mol. The molecule has 6 nitrogen and oxygen atoms in total. The van der Waals surface area contributed by atoms with Crippen molar-refractivity contribution in [2.45, 2.75) is 30.4 Å². The minimum Gasteiger partial charge on any atom is -0.478 e. The molecule has 0 heterocycles. The number of rotatable bonds is 9. The van der Waals surface area contributed by atoms with Gasteiger partial charge < -0.3 is 15.7 Å². The third-order valence-electron chi connectivity index (χ3n) is 5.01. The number of nitrogens with one attached hydrogen (secondary N) is 2. The number of benzene rings is 3. The van der Waals surface area contributed by atoms with Crippen LogP contribution in [0, 0.1) is 6.92 Å². The normalized spacial score (nSPS) is 11.7. The second kappa shape index (κ2) is 11.9. The maximum Gasteiger partial charge on any atom is 0.335 e. The summed E-state index contributed by atoms with van der Waals surface area (Å²) in [7, 11) is 0. The quantitative estimate of drug-likeness (QED) is 0.267. The highest BCUT2D eigenvalue weighted by Gasteiger charge is 2.19. The predicted molar refractivity (Wildman–Crippen MR) is 137 cm³/mol. The van der Waals surface area contributed by atoms with E-state index in [2.05, 4.69) is 10.6 Å². The van der Waals surface area contributed by atoms with Gasteiger partial charge in [-0.2, -0.15) is 0 Å². The molecule has 0 fully saturated rings. The Morgan fingerprint density at radius 2 is 1.74 bits per heavy atom. The Balaban J connectivity index is 1.65. The molecule has 7 heteroatoms. The van der Waals surface area contributed by atoms with Crippen LogP contribution >= 0.6 is 11.8 Å². The van der Waals surface area contributed by atoms with Crippen LogP contribution in [-0.2, 0) is 9.59 Å². The summed E-state index contributed by atoms with van der Waals surface area (Å²) in [5.41, 5.74) is 2.95. The molecule has 3 N–H and O–H groups in total. The highest BCUT2D eigenvalue weighted by Crippen LogP contribution is 2.29. The first-order chi connectivity index (χ1) is 16.4. The van der Waals surface area contributed by atoms with Crippen molar-refractivity contribution in [3.63, 3.8) is 0 Å². The summed E-state index contributed by atoms with van der Waals surface area (Å²) in [5, 5.41) is 14.5. The molecule has 0 saturated heterocycles. The zero-order chi connectivity index (χ0) is 24.5. The Morgan fingerprint density at radius 3 is 2.44 bits per heavy atom. The van der Waals surface area contributed by atoms with Crippen molar-refractivity contribution < 1.29 is 19.5 Å². The SMILES string of the molecule is CCC(Sc1cccc(NC(=O)/C=C/c2ccccc2)c1)C(=O)Nc1cc(C(=O)O)ccc1C. The van der Waals surface area contributed by atoms with Crippen molar-refractivity contribution in [3.05, 3.63) is 95.6 Å². The molecule has 0 aliphatic carbocycles. The van der Waals surface area contributed by atoms with Gasteiger partial charge in [0.2, 0.25) is 11.8 Å². The van der Waals surface area contributed by atoms with Crippen LogP contribution in [-0.4, -0.2) is 28.1 Å². The summed E-state index contributed by atoms with van der Waals surface area (Å²) in [6.07, 6.45) is 3.79. The molecule has 2 amide bonds. The van der Waals surface area contributed by atoms with Crippen molar-refractivity contribution >= 4 is 47.0 Å². The third-order valence-corrected chi connectivity index (χ3v) is 6.37. The van der Waals surface area contributed by atoms with Gasteiger partial charge in [0, 0.05) is 22.3 Å². The van der Waals surface area contributed by atoms with E-state index in [9.17, 15) is 19.5 Å². The Kier molecular flexibility index (Phi) is 8.65. The van der Waals surface area contributed by atoms with Crippen molar-refractivity contribution in [1.82, 2.24) is 0 Å². The molecule has 0 saturated carbocycles. The Bertz CT molecular complexity index is 1210. The van der Waals surface area contributed by atoms with Gasteiger partial charge in [-0.3, -0.25) is 9.59 Å². The number of carbonyl (C=O) groups excluding carboxylic acids is 2. The van der Waals surface area contributed by atoms with E-state index in [0.29, 0.717) is 17.8 Å². The van der Waals surface area contributed by atoms with Crippen LogP contribution in [0.3, 0.4) is 0 Å². The van der Waals surface area contributed by atoms with Gasteiger partial charge >= 0.3 is 5.97 Å². The van der Waals surface area contributed by atoms with Crippen LogP contribution in [0.2, 0.25) is 0 Å². The Labute approximate surface area is 203 Å². The number of aromatic carboxylic acids is 1. The number of amides is 2. The molecule has 1 atom stereocenters. The highest BCUT2D eigenvalue weighted by molar-refractivity contribution is 8.00. The van der Waals surface area contributed by atoms with Gasteiger partial charge in [0.15, 0.2) is 0 Å². The third kappa shape index (κ3) is 7.08. The number of aryl methyl sites for hydroxylation is 1. The average molecular weight is 475 g/mol. The number of thioether (sulfide) groups is 1. The molecule has 0 aliphatic heterocycles. The standard InChI is InChI=1S/C27H26N2O4S/c1-3-24(26(31)29-23-16-20(27(32)33)14-12-18(23)2)34-22-11-7-10-21(17-22)28-25(30)15-13-19-8-5-4-6-9-19/h4-17,24H,3H2,1-2H3,(H,28,30)(H,29,31)(H,32,33)/b15-13+. The summed E-state index contributed by atoms with van der Waals surface area (Å²) < 4.78 is 0. The molecule has 3 aromatic rings. The molecule has 0 aromatic heterocycles. The zero-order valence-electron chi connectivity index (χ0n) is 18.9. The van der Waals surface area contributed by atoms with Crippen LogP contribution in [0.15, 0.2) is 83.8 Å². The van der Waals surface area contributed by atoms with Crippen LogP contribution in [0.1, 0.15) is 34.8 Å². The predicted octanol–water partition coefficient (Wildman–Crippen LogP) is 5.85. The van der Waals surface area contributed by atoms with E-state index in [1.165, 1.54) is 30.0 Å². The second-order valence-corrected chi connectivity index (χ2v) is 8.88. The van der Waals surface area contributed by atoms with Crippen molar-refractivity contribution in [2.75, 3.05) is 10.6 Å². The van der Waals surface area contributed by atoms with Gasteiger partial charge in [0.1, 0.15) is 0 Å². The molecule has 174 valence electrons. The first kappa shape index (κ1) is 24.8.